The van der Waals surface area contributed by atoms with E-state index in [4.69, 9.17) is 14.2 Å². The highest BCUT2D eigenvalue weighted by atomic mass is 16.7. The fraction of sp³-hybridized carbons (Fsp3) is 0.440. The first-order valence-corrected chi connectivity index (χ1v) is 11.1. The zero-order chi connectivity index (χ0) is 22.9. The summed E-state index contributed by atoms with van der Waals surface area (Å²) in [5.74, 6) is 1.96. The highest BCUT2D eigenvalue weighted by molar-refractivity contribution is 5.87. The van der Waals surface area contributed by atoms with Crippen molar-refractivity contribution >= 4 is 11.8 Å². The van der Waals surface area contributed by atoms with E-state index in [-0.39, 0.29) is 18.6 Å². The second kappa shape index (κ2) is 11.4. The van der Waals surface area contributed by atoms with Gasteiger partial charge in [-0.2, -0.15) is 0 Å². The predicted octanol–water partition coefficient (Wildman–Crippen LogP) is 3.69. The maximum absolute atomic E-state index is 13.3. The molecule has 0 fully saturated rings. The molecule has 1 atom stereocenters. The van der Waals surface area contributed by atoms with E-state index in [1.54, 1.807) is 12.0 Å². The Morgan fingerprint density at radius 3 is 2.66 bits per heavy atom. The lowest BCUT2D eigenvalue weighted by Crippen LogP contribution is -2.49. The van der Waals surface area contributed by atoms with Gasteiger partial charge in [-0.1, -0.05) is 32.0 Å². The number of rotatable bonds is 11. The lowest BCUT2D eigenvalue weighted by Gasteiger charge is -2.31. The van der Waals surface area contributed by atoms with Crippen LogP contribution in [0.1, 0.15) is 44.2 Å². The Balaban J connectivity index is 1.76. The van der Waals surface area contributed by atoms with Crippen molar-refractivity contribution in [3.8, 4) is 17.2 Å². The minimum absolute atomic E-state index is 0.0658. The standard InChI is InChI=1S/C25H32N2O5/c1-4-13-26-25(29)21(5-2)27(16-19-7-6-8-20(14-19)30-3)24(28)12-10-18-9-11-22-23(15-18)32-17-31-22/h6-9,11,14-15,21H,4-5,10,12-13,16-17H2,1-3H3,(H,26,29)/t21-/m0/s1. The zero-order valence-corrected chi connectivity index (χ0v) is 19.1. The molecule has 0 bridgehead atoms. The third kappa shape index (κ3) is 5.93. The van der Waals surface area contributed by atoms with E-state index in [0.29, 0.717) is 38.1 Å². The second-order valence-corrected chi connectivity index (χ2v) is 7.78. The highest BCUT2D eigenvalue weighted by Gasteiger charge is 2.28. The molecule has 0 saturated heterocycles. The first-order valence-electron chi connectivity index (χ1n) is 11.1. The van der Waals surface area contributed by atoms with Crippen molar-refractivity contribution in [1.82, 2.24) is 10.2 Å². The van der Waals surface area contributed by atoms with Crippen LogP contribution in [0.25, 0.3) is 0 Å². The van der Waals surface area contributed by atoms with Crippen molar-refractivity contribution in [2.75, 3.05) is 20.4 Å². The van der Waals surface area contributed by atoms with Gasteiger partial charge in [0, 0.05) is 19.5 Å². The highest BCUT2D eigenvalue weighted by Crippen LogP contribution is 2.32. The number of benzene rings is 2. The molecule has 7 heteroatoms. The third-order valence-electron chi connectivity index (χ3n) is 5.49. The number of carbonyl (C=O) groups excluding carboxylic acids is 2. The average molecular weight is 441 g/mol. The Hall–Kier alpha value is -3.22. The molecule has 32 heavy (non-hydrogen) atoms. The van der Waals surface area contributed by atoms with Crippen LogP contribution in [0, 0.1) is 0 Å². The second-order valence-electron chi connectivity index (χ2n) is 7.78. The Labute approximate surface area is 189 Å². The summed E-state index contributed by atoms with van der Waals surface area (Å²) in [5.41, 5.74) is 1.91. The van der Waals surface area contributed by atoms with Crippen LogP contribution < -0.4 is 19.5 Å². The number of carbonyl (C=O) groups is 2. The van der Waals surface area contributed by atoms with Gasteiger partial charge in [-0.25, -0.2) is 0 Å². The lowest BCUT2D eigenvalue weighted by atomic mass is 10.1. The Bertz CT molecular complexity index is 930. The van der Waals surface area contributed by atoms with E-state index in [2.05, 4.69) is 5.32 Å². The summed E-state index contributed by atoms with van der Waals surface area (Å²) >= 11 is 0. The number of amides is 2. The normalized spacial score (nSPS) is 12.8. The molecule has 3 rings (SSSR count). The number of ether oxygens (including phenoxy) is 3. The van der Waals surface area contributed by atoms with Gasteiger partial charge in [0.15, 0.2) is 11.5 Å². The van der Waals surface area contributed by atoms with Crippen LogP contribution in [0.5, 0.6) is 17.2 Å². The van der Waals surface area contributed by atoms with Crippen LogP contribution in [0.4, 0.5) is 0 Å². The first-order chi connectivity index (χ1) is 15.5. The minimum Gasteiger partial charge on any atom is -0.497 e. The molecule has 0 aliphatic carbocycles. The SMILES string of the molecule is CCCNC(=O)[C@H](CC)N(Cc1cccc(OC)c1)C(=O)CCc1ccc2c(c1)OCO2. The first kappa shape index (κ1) is 23.4. The smallest absolute Gasteiger partial charge is 0.242 e. The fourth-order valence-corrected chi connectivity index (χ4v) is 3.74. The summed E-state index contributed by atoms with van der Waals surface area (Å²) in [7, 11) is 1.61. The van der Waals surface area contributed by atoms with E-state index in [0.717, 1.165) is 29.0 Å². The maximum atomic E-state index is 13.3. The average Bonchev–Trinajstić information content (AvgIpc) is 3.29. The van der Waals surface area contributed by atoms with Crippen molar-refractivity contribution in [3.05, 3.63) is 53.6 Å². The quantitative estimate of drug-likeness (QED) is 0.577. The molecular weight excluding hydrogens is 408 g/mol. The summed E-state index contributed by atoms with van der Waals surface area (Å²) in [5, 5.41) is 2.94. The molecule has 172 valence electrons. The van der Waals surface area contributed by atoms with Gasteiger partial charge in [-0.15, -0.1) is 0 Å². The van der Waals surface area contributed by atoms with E-state index in [9.17, 15) is 9.59 Å². The van der Waals surface area contributed by atoms with Gasteiger partial charge in [0.25, 0.3) is 0 Å². The van der Waals surface area contributed by atoms with E-state index < -0.39 is 6.04 Å². The van der Waals surface area contributed by atoms with Gasteiger partial charge in [0.1, 0.15) is 11.8 Å². The fourth-order valence-electron chi connectivity index (χ4n) is 3.74. The molecule has 0 saturated carbocycles. The molecule has 0 unspecified atom stereocenters. The molecule has 1 heterocycles. The molecule has 0 spiro atoms. The largest absolute Gasteiger partial charge is 0.497 e. The number of fused-ring (bicyclic) bond motifs is 1. The molecule has 1 N–H and O–H groups in total. The summed E-state index contributed by atoms with van der Waals surface area (Å²) in [4.78, 5) is 27.9. The summed E-state index contributed by atoms with van der Waals surface area (Å²) in [6.07, 6.45) is 2.23. The molecule has 2 aromatic carbocycles. The molecular formula is C25H32N2O5. The van der Waals surface area contributed by atoms with Crippen LogP contribution in [0.3, 0.4) is 0 Å². The molecule has 7 nitrogen and oxygen atoms in total. The summed E-state index contributed by atoms with van der Waals surface area (Å²) in [6.45, 7) is 5.09. The van der Waals surface area contributed by atoms with Gasteiger partial charge < -0.3 is 24.4 Å². The number of nitrogens with zero attached hydrogens (tertiary/aromatic N) is 1. The van der Waals surface area contributed by atoms with Gasteiger partial charge in [0.05, 0.1) is 7.11 Å². The molecule has 1 aliphatic heterocycles. The topological polar surface area (TPSA) is 77.1 Å². The molecule has 2 amide bonds. The van der Waals surface area contributed by atoms with Crippen LogP contribution in [0.15, 0.2) is 42.5 Å². The Morgan fingerprint density at radius 1 is 1.09 bits per heavy atom. The van der Waals surface area contributed by atoms with Gasteiger partial charge >= 0.3 is 0 Å². The Kier molecular flexibility index (Phi) is 8.36. The molecule has 0 aromatic heterocycles. The Morgan fingerprint density at radius 2 is 1.91 bits per heavy atom. The van der Waals surface area contributed by atoms with E-state index in [1.807, 2.05) is 56.3 Å². The maximum Gasteiger partial charge on any atom is 0.242 e. The van der Waals surface area contributed by atoms with E-state index in [1.165, 1.54) is 0 Å². The van der Waals surface area contributed by atoms with Crippen LogP contribution >= 0.6 is 0 Å². The van der Waals surface area contributed by atoms with Crippen molar-refractivity contribution in [1.29, 1.82) is 0 Å². The summed E-state index contributed by atoms with van der Waals surface area (Å²) < 4.78 is 16.1. The van der Waals surface area contributed by atoms with Crippen molar-refractivity contribution in [2.45, 2.75) is 52.1 Å². The zero-order valence-electron chi connectivity index (χ0n) is 19.1. The van der Waals surface area contributed by atoms with Gasteiger partial charge in [-0.3, -0.25) is 9.59 Å². The third-order valence-corrected chi connectivity index (χ3v) is 5.49. The van der Waals surface area contributed by atoms with Crippen molar-refractivity contribution < 1.29 is 23.8 Å². The number of nitrogens with one attached hydrogen (secondary N) is 1. The predicted molar refractivity (Wildman–Crippen MR) is 122 cm³/mol. The van der Waals surface area contributed by atoms with Crippen LogP contribution in [-0.4, -0.2) is 43.2 Å². The summed E-state index contributed by atoms with van der Waals surface area (Å²) in [6, 6.07) is 12.8. The van der Waals surface area contributed by atoms with Crippen molar-refractivity contribution in [3.63, 3.8) is 0 Å². The number of methoxy groups -OCH3 is 1. The minimum atomic E-state index is -0.531. The number of hydrogen-bond acceptors (Lipinski definition) is 5. The van der Waals surface area contributed by atoms with E-state index >= 15 is 0 Å². The van der Waals surface area contributed by atoms with Gasteiger partial charge in [-0.05, 0) is 54.7 Å². The van der Waals surface area contributed by atoms with Crippen LogP contribution in [0.2, 0.25) is 0 Å². The number of hydrogen-bond donors (Lipinski definition) is 1. The molecule has 2 aromatic rings. The van der Waals surface area contributed by atoms with Gasteiger partial charge in [0.2, 0.25) is 18.6 Å². The van der Waals surface area contributed by atoms with Crippen LogP contribution in [-0.2, 0) is 22.6 Å². The molecule has 1 aliphatic rings. The monoisotopic (exact) mass is 440 g/mol. The van der Waals surface area contributed by atoms with Crippen molar-refractivity contribution in [2.24, 2.45) is 0 Å². The number of aryl methyl sites for hydroxylation is 1. The molecule has 0 radical (unpaired) electrons. The lowest BCUT2D eigenvalue weighted by molar-refractivity contribution is -0.141.